The third kappa shape index (κ3) is 10.1. The first-order valence-corrected chi connectivity index (χ1v) is 8.01. The number of benzene rings is 1. The highest BCUT2D eigenvalue weighted by Gasteiger charge is 2.06. The van der Waals surface area contributed by atoms with Crippen molar-refractivity contribution in [2.45, 2.75) is 39.7 Å². The zero-order chi connectivity index (χ0) is 16.2. The molecule has 0 aliphatic rings. The Morgan fingerprint density at radius 2 is 1.78 bits per heavy atom. The second-order valence-electron chi connectivity index (χ2n) is 5.22. The van der Waals surface area contributed by atoms with E-state index in [2.05, 4.69) is 52.1 Å². The van der Waals surface area contributed by atoms with Crippen molar-refractivity contribution in [3.05, 3.63) is 35.9 Å². The second-order valence-corrected chi connectivity index (χ2v) is 5.22. The molecular formula is C17H29IN4O. The molecule has 1 amide bonds. The number of guanidine groups is 1. The maximum Gasteiger partial charge on any atom is 0.241 e. The normalized spacial score (nSPS) is 12.0. The minimum atomic E-state index is -0.0587. The van der Waals surface area contributed by atoms with Crippen LogP contribution < -0.4 is 16.0 Å². The number of nitrogens with zero attached hydrogens (tertiary/aromatic N) is 1. The predicted molar refractivity (Wildman–Crippen MR) is 107 cm³/mol. The van der Waals surface area contributed by atoms with Crippen LogP contribution in [0.25, 0.3) is 0 Å². The lowest BCUT2D eigenvalue weighted by Gasteiger charge is -2.17. The van der Waals surface area contributed by atoms with Gasteiger partial charge in [-0.25, -0.2) is 4.99 Å². The summed E-state index contributed by atoms with van der Waals surface area (Å²) < 4.78 is 0. The van der Waals surface area contributed by atoms with Crippen molar-refractivity contribution in [2.24, 2.45) is 4.99 Å². The van der Waals surface area contributed by atoms with Crippen LogP contribution in [-0.4, -0.2) is 37.5 Å². The number of carbonyl (C=O) groups excluding carboxylic acids is 1. The van der Waals surface area contributed by atoms with Crippen LogP contribution in [0.2, 0.25) is 0 Å². The highest BCUT2D eigenvalue weighted by molar-refractivity contribution is 14.0. The first-order valence-electron chi connectivity index (χ1n) is 8.01. The molecular weight excluding hydrogens is 403 g/mol. The van der Waals surface area contributed by atoms with Crippen molar-refractivity contribution in [1.82, 2.24) is 16.0 Å². The molecule has 0 bridgehead atoms. The van der Waals surface area contributed by atoms with Gasteiger partial charge in [0.1, 0.15) is 6.54 Å². The molecule has 0 saturated carbocycles. The molecule has 0 spiro atoms. The molecule has 1 aromatic rings. The average molecular weight is 432 g/mol. The van der Waals surface area contributed by atoms with Crippen LogP contribution in [0.4, 0.5) is 0 Å². The Hall–Kier alpha value is -1.31. The number of halogens is 1. The first-order chi connectivity index (χ1) is 10.7. The summed E-state index contributed by atoms with van der Waals surface area (Å²) in [7, 11) is 0. The van der Waals surface area contributed by atoms with E-state index in [1.807, 2.05) is 19.9 Å². The quantitative estimate of drug-likeness (QED) is 0.336. The fraction of sp³-hybridized carbons (Fsp3) is 0.529. The Balaban J connectivity index is 0.00000484. The van der Waals surface area contributed by atoms with Gasteiger partial charge in [0.2, 0.25) is 5.91 Å². The van der Waals surface area contributed by atoms with Gasteiger partial charge in [-0.3, -0.25) is 4.79 Å². The van der Waals surface area contributed by atoms with Crippen molar-refractivity contribution in [1.29, 1.82) is 0 Å². The van der Waals surface area contributed by atoms with Crippen LogP contribution in [0.5, 0.6) is 0 Å². The minimum absolute atomic E-state index is 0. The van der Waals surface area contributed by atoms with Gasteiger partial charge in [0, 0.05) is 19.1 Å². The van der Waals surface area contributed by atoms with Crippen LogP contribution in [0.15, 0.2) is 35.3 Å². The average Bonchev–Trinajstić information content (AvgIpc) is 2.52. The van der Waals surface area contributed by atoms with E-state index in [4.69, 9.17) is 0 Å². The van der Waals surface area contributed by atoms with Crippen molar-refractivity contribution >= 4 is 35.8 Å². The lowest BCUT2D eigenvalue weighted by Crippen LogP contribution is -2.43. The molecule has 1 unspecified atom stereocenters. The van der Waals surface area contributed by atoms with Crippen LogP contribution in [0.1, 0.15) is 32.8 Å². The third-order valence-electron chi connectivity index (χ3n) is 3.19. The van der Waals surface area contributed by atoms with Gasteiger partial charge >= 0.3 is 0 Å². The molecule has 0 heterocycles. The van der Waals surface area contributed by atoms with Crippen molar-refractivity contribution in [3.63, 3.8) is 0 Å². The van der Waals surface area contributed by atoms with E-state index in [1.54, 1.807) is 0 Å². The summed E-state index contributed by atoms with van der Waals surface area (Å²) in [5, 5.41) is 9.25. The number of rotatable bonds is 8. The molecule has 0 fully saturated rings. The van der Waals surface area contributed by atoms with E-state index in [9.17, 15) is 4.79 Å². The second kappa shape index (κ2) is 13.2. The summed E-state index contributed by atoms with van der Waals surface area (Å²) in [5.74, 6) is 0.631. The van der Waals surface area contributed by atoms with Gasteiger partial charge in [0.15, 0.2) is 5.96 Å². The van der Waals surface area contributed by atoms with Crippen molar-refractivity contribution < 1.29 is 4.79 Å². The molecule has 0 aliphatic carbocycles. The molecule has 0 aliphatic heterocycles. The number of aryl methyl sites for hydroxylation is 1. The molecule has 0 saturated heterocycles. The molecule has 1 rings (SSSR count). The van der Waals surface area contributed by atoms with Crippen molar-refractivity contribution in [3.8, 4) is 0 Å². The summed E-state index contributed by atoms with van der Waals surface area (Å²) in [4.78, 5) is 15.8. The Morgan fingerprint density at radius 1 is 1.13 bits per heavy atom. The van der Waals surface area contributed by atoms with Gasteiger partial charge in [0.05, 0.1) is 0 Å². The van der Waals surface area contributed by atoms with Crippen LogP contribution in [-0.2, 0) is 11.2 Å². The van der Waals surface area contributed by atoms with Gasteiger partial charge in [-0.15, -0.1) is 24.0 Å². The SMILES string of the molecule is CCNC(=O)CN=C(NCC)NC(C)CCc1ccccc1.I. The molecule has 3 N–H and O–H groups in total. The molecule has 0 aromatic heterocycles. The molecule has 0 radical (unpaired) electrons. The lowest BCUT2D eigenvalue weighted by molar-refractivity contribution is -0.119. The van der Waals surface area contributed by atoms with Crippen LogP contribution in [0.3, 0.4) is 0 Å². The Labute approximate surface area is 156 Å². The lowest BCUT2D eigenvalue weighted by atomic mass is 10.1. The maximum absolute atomic E-state index is 11.5. The highest BCUT2D eigenvalue weighted by atomic mass is 127. The summed E-state index contributed by atoms with van der Waals surface area (Å²) in [6.45, 7) is 7.59. The topological polar surface area (TPSA) is 65.5 Å². The highest BCUT2D eigenvalue weighted by Crippen LogP contribution is 2.04. The van der Waals surface area contributed by atoms with Gasteiger partial charge in [-0.1, -0.05) is 30.3 Å². The summed E-state index contributed by atoms with van der Waals surface area (Å²) in [6, 6.07) is 10.7. The van der Waals surface area contributed by atoms with Gasteiger partial charge in [-0.05, 0) is 39.2 Å². The van der Waals surface area contributed by atoms with Gasteiger partial charge < -0.3 is 16.0 Å². The minimum Gasteiger partial charge on any atom is -0.357 e. The van der Waals surface area contributed by atoms with E-state index in [0.29, 0.717) is 12.5 Å². The van der Waals surface area contributed by atoms with Crippen molar-refractivity contribution in [2.75, 3.05) is 19.6 Å². The predicted octanol–water partition coefficient (Wildman–Crippen LogP) is 2.32. The van der Waals surface area contributed by atoms with Crippen LogP contribution >= 0.6 is 24.0 Å². The summed E-state index contributed by atoms with van der Waals surface area (Å²) >= 11 is 0. The molecule has 5 nitrogen and oxygen atoms in total. The Morgan fingerprint density at radius 3 is 2.39 bits per heavy atom. The van der Waals surface area contributed by atoms with Gasteiger partial charge in [0.25, 0.3) is 0 Å². The molecule has 1 aromatic carbocycles. The van der Waals surface area contributed by atoms with E-state index >= 15 is 0 Å². The number of hydrogen-bond donors (Lipinski definition) is 3. The van der Waals surface area contributed by atoms with Gasteiger partial charge in [-0.2, -0.15) is 0 Å². The monoisotopic (exact) mass is 432 g/mol. The zero-order valence-corrected chi connectivity index (χ0v) is 16.6. The first kappa shape index (κ1) is 21.7. The Bertz CT molecular complexity index is 465. The molecule has 1 atom stereocenters. The summed E-state index contributed by atoms with van der Waals surface area (Å²) in [6.07, 6.45) is 2.03. The fourth-order valence-electron chi connectivity index (χ4n) is 2.06. The summed E-state index contributed by atoms with van der Waals surface area (Å²) in [5.41, 5.74) is 1.33. The van der Waals surface area contributed by atoms with E-state index in [0.717, 1.165) is 19.4 Å². The van der Waals surface area contributed by atoms with E-state index < -0.39 is 0 Å². The number of carbonyl (C=O) groups is 1. The number of aliphatic imine (C=N–C) groups is 1. The third-order valence-corrected chi connectivity index (χ3v) is 3.19. The van der Waals surface area contributed by atoms with E-state index in [1.165, 1.54) is 5.56 Å². The number of amides is 1. The molecule has 6 heteroatoms. The number of likely N-dealkylation sites (N-methyl/N-ethyl adjacent to an activating group) is 1. The standard InChI is InChI=1S/C17H28N4O.HI/c1-4-18-16(22)13-20-17(19-5-2)21-14(3)11-12-15-9-7-6-8-10-15;/h6-10,14H,4-5,11-13H2,1-3H3,(H,18,22)(H2,19,20,21);1H. The smallest absolute Gasteiger partial charge is 0.241 e. The zero-order valence-electron chi connectivity index (χ0n) is 14.3. The maximum atomic E-state index is 11.5. The fourth-order valence-corrected chi connectivity index (χ4v) is 2.06. The molecule has 23 heavy (non-hydrogen) atoms. The largest absolute Gasteiger partial charge is 0.357 e. The number of nitrogens with one attached hydrogen (secondary N) is 3. The Kier molecular flexibility index (Phi) is 12.4. The molecule has 130 valence electrons. The number of hydrogen-bond acceptors (Lipinski definition) is 2. The van der Waals surface area contributed by atoms with E-state index in [-0.39, 0.29) is 42.5 Å². The van der Waals surface area contributed by atoms with Crippen LogP contribution in [0, 0.1) is 0 Å².